The van der Waals surface area contributed by atoms with E-state index in [1.807, 2.05) is 0 Å². The Morgan fingerprint density at radius 2 is 1.82 bits per heavy atom. The molecule has 4 bridgehead atoms. The SMILES string of the molecule is COCCC(NC(=O)C12CC3CC(C1)CC(c1ccc(C)cc1)(C3)C2)C(=O)O. The van der Waals surface area contributed by atoms with Crippen LogP contribution in [0.1, 0.15) is 56.1 Å². The first-order valence-electron chi connectivity index (χ1n) is 10.5. The molecule has 3 unspecified atom stereocenters. The number of amides is 1. The topological polar surface area (TPSA) is 75.6 Å². The number of carbonyl (C=O) groups is 2. The van der Waals surface area contributed by atoms with Gasteiger partial charge >= 0.3 is 5.97 Å². The van der Waals surface area contributed by atoms with Crippen molar-refractivity contribution in [3.63, 3.8) is 0 Å². The molecule has 5 nitrogen and oxygen atoms in total. The zero-order valence-electron chi connectivity index (χ0n) is 16.9. The third-order valence-electron chi connectivity index (χ3n) is 7.42. The molecule has 4 aliphatic carbocycles. The number of rotatable bonds is 7. The number of hydrogen-bond donors (Lipinski definition) is 2. The van der Waals surface area contributed by atoms with E-state index in [1.165, 1.54) is 17.5 Å². The van der Waals surface area contributed by atoms with Gasteiger partial charge in [-0.2, -0.15) is 0 Å². The quantitative estimate of drug-likeness (QED) is 0.754. The van der Waals surface area contributed by atoms with Crippen LogP contribution in [-0.4, -0.2) is 36.7 Å². The smallest absolute Gasteiger partial charge is 0.326 e. The summed E-state index contributed by atoms with van der Waals surface area (Å²) in [7, 11) is 1.55. The summed E-state index contributed by atoms with van der Waals surface area (Å²) in [6.45, 7) is 2.42. The lowest BCUT2D eigenvalue weighted by Gasteiger charge is -2.61. The maximum Gasteiger partial charge on any atom is 0.326 e. The summed E-state index contributed by atoms with van der Waals surface area (Å²) in [4.78, 5) is 25.0. The van der Waals surface area contributed by atoms with Crippen molar-refractivity contribution in [2.75, 3.05) is 13.7 Å². The average Bonchev–Trinajstić information content (AvgIpc) is 2.64. The van der Waals surface area contributed by atoms with Crippen molar-refractivity contribution in [2.24, 2.45) is 17.3 Å². The molecule has 4 aliphatic rings. The highest BCUT2D eigenvalue weighted by Crippen LogP contribution is 2.65. The van der Waals surface area contributed by atoms with Crippen LogP contribution in [0.3, 0.4) is 0 Å². The molecule has 1 amide bonds. The molecule has 0 aliphatic heterocycles. The second-order valence-corrected chi connectivity index (χ2v) is 9.53. The van der Waals surface area contributed by atoms with Crippen LogP contribution in [0, 0.1) is 24.2 Å². The monoisotopic (exact) mass is 385 g/mol. The van der Waals surface area contributed by atoms with Crippen LogP contribution in [0.5, 0.6) is 0 Å². The molecule has 0 saturated heterocycles. The van der Waals surface area contributed by atoms with Gasteiger partial charge in [0.1, 0.15) is 6.04 Å². The first-order valence-corrected chi connectivity index (χ1v) is 10.5. The highest BCUT2D eigenvalue weighted by Gasteiger charge is 2.61. The van der Waals surface area contributed by atoms with Gasteiger partial charge in [0.15, 0.2) is 0 Å². The molecule has 5 heteroatoms. The molecule has 4 saturated carbocycles. The Bertz CT molecular complexity index is 742. The first kappa shape index (κ1) is 19.4. The minimum atomic E-state index is -0.983. The van der Waals surface area contributed by atoms with E-state index >= 15 is 0 Å². The number of carboxylic acids is 1. The average molecular weight is 386 g/mol. The van der Waals surface area contributed by atoms with E-state index in [0.717, 1.165) is 32.1 Å². The van der Waals surface area contributed by atoms with Crippen molar-refractivity contribution >= 4 is 11.9 Å². The van der Waals surface area contributed by atoms with E-state index in [-0.39, 0.29) is 11.3 Å². The number of methoxy groups -OCH3 is 1. The van der Waals surface area contributed by atoms with Crippen molar-refractivity contribution in [3.8, 4) is 0 Å². The Kier molecular flexibility index (Phi) is 4.98. The maximum absolute atomic E-state index is 13.4. The largest absolute Gasteiger partial charge is 0.480 e. The molecule has 5 rings (SSSR count). The lowest BCUT2D eigenvalue weighted by atomic mass is 9.42. The number of benzene rings is 1. The highest BCUT2D eigenvalue weighted by molar-refractivity contribution is 5.88. The summed E-state index contributed by atoms with van der Waals surface area (Å²) in [6.07, 6.45) is 6.48. The van der Waals surface area contributed by atoms with E-state index in [0.29, 0.717) is 24.9 Å². The normalized spacial score (nSPS) is 34.2. The summed E-state index contributed by atoms with van der Waals surface area (Å²) < 4.78 is 5.02. The fraction of sp³-hybridized carbons (Fsp3) is 0.652. The summed E-state index contributed by atoms with van der Waals surface area (Å²) in [5.74, 6) is 0.0936. The molecule has 0 radical (unpaired) electrons. The number of carbonyl (C=O) groups excluding carboxylic acids is 1. The van der Waals surface area contributed by atoms with Crippen molar-refractivity contribution in [2.45, 2.75) is 63.3 Å². The Hall–Kier alpha value is -1.88. The van der Waals surface area contributed by atoms with Gasteiger partial charge < -0.3 is 15.2 Å². The fourth-order valence-electron chi connectivity index (χ4n) is 6.58. The standard InChI is InChI=1S/C23H31NO4/c1-15-3-5-18(6-4-15)22-10-16-9-17(11-22)13-23(12-16,14-22)21(27)24-19(20(25)26)7-8-28-2/h3-6,16-17,19H,7-14H2,1-2H3,(H,24,27)(H,25,26). The van der Waals surface area contributed by atoms with E-state index in [2.05, 4.69) is 36.5 Å². The molecule has 0 aromatic heterocycles. The molecule has 152 valence electrons. The van der Waals surface area contributed by atoms with Crippen molar-refractivity contribution in [1.82, 2.24) is 5.32 Å². The molecular weight excluding hydrogens is 354 g/mol. The molecule has 3 atom stereocenters. The van der Waals surface area contributed by atoms with E-state index in [4.69, 9.17) is 4.74 Å². The van der Waals surface area contributed by atoms with Gasteiger partial charge in [-0.15, -0.1) is 0 Å². The van der Waals surface area contributed by atoms with Crippen molar-refractivity contribution < 1.29 is 19.4 Å². The lowest BCUT2D eigenvalue weighted by Crippen LogP contribution is -2.60. The predicted molar refractivity (Wildman–Crippen MR) is 106 cm³/mol. The summed E-state index contributed by atoms with van der Waals surface area (Å²) >= 11 is 0. The molecule has 1 aromatic rings. The number of hydrogen-bond acceptors (Lipinski definition) is 3. The highest BCUT2D eigenvalue weighted by atomic mass is 16.5. The van der Waals surface area contributed by atoms with Gasteiger partial charge in [-0.05, 0) is 68.3 Å². The lowest BCUT2D eigenvalue weighted by molar-refractivity contribution is -0.154. The van der Waals surface area contributed by atoms with Crippen LogP contribution >= 0.6 is 0 Å². The molecule has 4 fully saturated rings. The number of aryl methyl sites for hydroxylation is 1. The van der Waals surface area contributed by atoms with Crippen molar-refractivity contribution in [1.29, 1.82) is 0 Å². The second-order valence-electron chi connectivity index (χ2n) is 9.53. The Labute approximate surface area is 166 Å². The van der Waals surface area contributed by atoms with E-state index < -0.39 is 17.4 Å². The Morgan fingerprint density at radius 3 is 2.39 bits per heavy atom. The van der Waals surface area contributed by atoms with Gasteiger partial charge in [-0.1, -0.05) is 29.8 Å². The minimum absolute atomic E-state index is 0.0541. The van der Waals surface area contributed by atoms with Crippen LogP contribution in [0.25, 0.3) is 0 Å². The third-order valence-corrected chi connectivity index (χ3v) is 7.42. The zero-order chi connectivity index (χ0) is 19.9. The van der Waals surface area contributed by atoms with E-state index in [1.54, 1.807) is 7.11 Å². The first-order chi connectivity index (χ1) is 13.4. The summed E-state index contributed by atoms with van der Waals surface area (Å²) in [5, 5.41) is 12.4. The zero-order valence-corrected chi connectivity index (χ0v) is 16.9. The fourth-order valence-corrected chi connectivity index (χ4v) is 6.58. The predicted octanol–water partition coefficient (Wildman–Crippen LogP) is 3.44. The molecule has 0 heterocycles. The third kappa shape index (κ3) is 3.34. The van der Waals surface area contributed by atoms with Gasteiger partial charge in [-0.3, -0.25) is 4.79 Å². The van der Waals surface area contributed by atoms with E-state index in [9.17, 15) is 14.7 Å². The second kappa shape index (κ2) is 7.18. The molecule has 2 N–H and O–H groups in total. The van der Waals surface area contributed by atoms with Crippen LogP contribution < -0.4 is 5.32 Å². The maximum atomic E-state index is 13.4. The van der Waals surface area contributed by atoms with Crippen molar-refractivity contribution in [3.05, 3.63) is 35.4 Å². The molecular formula is C23H31NO4. The van der Waals surface area contributed by atoms with Gasteiger partial charge in [0.2, 0.25) is 5.91 Å². The van der Waals surface area contributed by atoms with Crippen LogP contribution in [0.2, 0.25) is 0 Å². The molecule has 0 spiro atoms. The van der Waals surface area contributed by atoms with Gasteiger partial charge in [0.05, 0.1) is 5.41 Å². The summed E-state index contributed by atoms with van der Waals surface area (Å²) in [5.41, 5.74) is 2.26. The number of nitrogens with one attached hydrogen (secondary N) is 1. The van der Waals surface area contributed by atoms with Crippen LogP contribution in [0.4, 0.5) is 0 Å². The molecule has 28 heavy (non-hydrogen) atoms. The van der Waals surface area contributed by atoms with Crippen LogP contribution in [-0.2, 0) is 19.7 Å². The van der Waals surface area contributed by atoms with Gasteiger partial charge in [0.25, 0.3) is 0 Å². The number of ether oxygens (including phenoxy) is 1. The number of aliphatic carboxylic acids is 1. The Balaban J connectivity index is 1.59. The minimum Gasteiger partial charge on any atom is -0.480 e. The number of carboxylic acid groups (broad SMARTS) is 1. The van der Waals surface area contributed by atoms with Crippen LogP contribution in [0.15, 0.2) is 24.3 Å². The summed E-state index contributed by atoms with van der Waals surface area (Å²) in [6, 6.07) is 7.95. The molecule has 1 aromatic carbocycles. The van der Waals surface area contributed by atoms with Gasteiger partial charge in [0, 0.05) is 20.1 Å². The Morgan fingerprint density at radius 1 is 1.18 bits per heavy atom. The van der Waals surface area contributed by atoms with Gasteiger partial charge in [-0.25, -0.2) is 4.79 Å².